The summed E-state index contributed by atoms with van der Waals surface area (Å²) < 4.78 is 16.4. The number of para-hydroxylation sites is 1. The van der Waals surface area contributed by atoms with Crippen LogP contribution in [0.15, 0.2) is 18.2 Å². The lowest BCUT2D eigenvalue weighted by atomic mass is 10.1. The maximum absolute atomic E-state index is 8.66. The van der Waals surface area contributed by atoms with E-state index >= 15 is 0 Å². The zero-order valence-electron chi connectivity index (χ0n) is 13.4. The Morgan fingerprint density at radius 1 is 1.14 bits per heavy atom. The van der Waals surface area contributed by atoms with Gasteiger partial charge in [-0.3, -0.25) is 0 Å². The average molecular weight is 297 g/mol. The van der Waals surface area contributed by atoms with Crippen LogP contribution in [0.5, 0.6) is 11.5 Å². The lowest BCUT2D eigenvalue weighted by Gasteiger charge is -2.22. The van der Waals surface area contributed by atoms with E-state index in [0.29, 0.717) is 32.1 Å². The minimum Gasteiger partial charge on any atom is -0.493 e. The highest BCUT2D eigenvalue weighted by Gasteiger charge is 2.14. The number of aliphatic hydroxyl groups is 1. The van der Waals surface area contributed by atoms with Gasteiger partial charge in [0.25, 0.3) is 0 Å². The predicted octanol–water partition coefficient (Wildman–Crippen LogP) is 1.97. The molecule has 0 aliphatic rings. The van der Waals surface area contributed by atoms with E-state index in [4.69, 9.17) is 19.3 Å². The molecule has 1 aromatic rings. The van der Waals surface area contributed by atoms with Gasteiger partial charge in [0.2, 0.25) is 0 Å². The number of methoxy groups -OCH3 is 1. The van der Waals surface area contributed by atoms with E-state index in [9.17, 15) is 0 Å². The Morgan fingerprint density at radius 3 is 2.52 bits per heavy atom. The van der Waals surface area contributed by atoms with Crippen molar-refractivity contribution in [1.82, 2.24) is 5.32 Å². The second kappa shape index (κ2) is 8.87. The molecule has 120 valence electrons. The third kappa shape index (κ3) is 6.80. The molecule has 0 radical (unpaired) electrons. The van der Waals surface area contributed by atoms with Crippen molar-refractivity contribution < 1.29 is 19.3 Å². The Labute approximate surface area is 127 Å². The molecule has 21 heavy (non-hydrogen) atoms. The predicted molar refractivity (Wildman–Crippen MR) is 83.0 cm³/mol. The van der Waals surface area contributed by atoms with Crippen LogP contribution in [0.2, 0.25) is 0 Å². The van der Waals surface area contributed by atoms with Crippen LogP contribution in [-0.4, -0.2) is 44.2 Å². The monoisotopic (exact) mass is 297 g/mol. The summed E-state index contributed by atoms with van der Waals surface area (Å²) in [5, 5.41) is 12.1. The van der Waals surface area contributed by atoms with Gasteiger partial charge in [0.05, 0.1) is 26.9 Å². The molecule has 0 heterocycles. The van der Waals surface area contributed by atoms with Crippen molar-refractivity contribution >= 4 is 0 Å². The Bertz CT molecular complexity index is 415. The first-order valence-electron chi connectivity index (χ1n) is 7.20. The van der Waals surface area contributed by atoms with Crippen LogP contribution in [0.4, 0.5) is 0 Å². The van der Waals surface area contributed by atoms with E-state index in [1.165, 1.54) is 0 Å². The first kappa shape index (κ1) is 17.8. The Morgan fingerprint density at radius 2 is 1.90 bits per heavy atom. The van der Waals surface area contributed by atoms with Crippen molar-refractivity contribution in [3.63, 3.8) is 0 Å². The smallest absolute Gasteiger partial charge is 0.165 e. The van der Waals surface area contributed by atoms with Gasteiger partial charge in [-0.15, -0.1) is 0 Å². The first-order valence-corrected chi connectivity index (χ1v) is 7.20. The molecular formula is C16H27NO4. The van der Waals surface area contributed by atoms with Gasteiger partial charge in [-0.25, -0.2) is 0 Å². The lowest BCUT2D eigenvalue weighted by molar-refractivity contribution is 0.0696. The fourth-order valence-corrected chi connectivity index (χ4v) is 1.75. The standard InChI is InChI=1S/C16H27NO4/c1-16(2,3)17-12-13-6-5-7-14(19-4)15(13)21-11-10-20-9-8-18/h5-7,17-18H,8-12H2,1-4H3. The molecular weight excluding hydrogens is 270 g/mol. The molecule has 0 aromatic heterocycles. The maximum Gasteiger partial charge on any atom is 0.165 e. The number of nitrogens with one attached hydrogen (secondary N) is 1. The van der Waals surface area contributed by atoms with Crippen LogP contribution >= 0.6 is 0 Å². The number of rotatable bonds is 9. The SMILES string of the molecule is COc1cccc(CNC(C)(C)C)c1OCCOCCO. The van der Waals surface area contributed by atoms with E-state index in [1.54, 1.807) is 7.11 Å². The highest BCUT2D eigenvalue weighted by atomic mass is 16.5. The topological polar surface area (TPSA) is 60.0 Å². The summed E-state index contributed by atoms with van der Waals surface area (Å²) in [7, 11) is 1.63. The number of aliphatic hydroxyl groups excluding tert-OH is 1. The van der Waals surface area contributed by atoms with Crippen molar-refractivity contribution in [2.45, 2.75) is 32.9 Å². The summed E-state index contributed by atoms with van der Waals surface area (Å²) in [6.07, 6.45) is 0. The molecule has 0 amide bonds. The van der Waals surface area contributed by atoms with Gasteiger partial charge < -0.3 is 24.6 Å². The summed E-state index contributed by atoms with van der Waals surface area (Å²) in [5.74, 6) is 1.45. The molecule has 1 aromatic carbocycles. The van der Waals surface area contributed by atoms with Gasteiger partial charge in [-0.05, 0) is 26.8 Å². The zero-order valence-corrected chi connectivity index (χ0v) is 13.4. The molecule has 0 atom stereocenters. The van der Waals surface area contributed by atoms with Gasteiger partial charge in [-0.2, -0.15) is 0 Å². The van der Waals surface area contributed by atoms with Crippen LogP contribution in [-0.2, 0) is 11.3 Å². The van der Waals surface area contributed by atoms with E-state index < -0.39 is 0 Å². The minimum atomic E-state index is 0.0232. The summed E-state index contributed by atoms with van der Waals surface area (Å²) in [6.45, 7) is 8.27. The molecule has 0 saturated heterocycles. The Hall–Kier alpha value is -1.30. The summed E-state index contributed by atoms with van der Waals surface area (Å²) in [6, 6.07) is 5.85. The van der Waals surface area contributed by atoms with Crippen molar-refractivity contribution in [2.24, 2.45) is 0 Å². The molecule has 0 unspecified atom stereocenters. The minimum absolute atomic E-state index is 0.0232. The fraction of sp³-hybridized carbons (Fsp3) is 0.625. The van der Waals surface area contributed by atoms with E-state index in [2.05, 4.69) is 26.1 Å². The molecule has 0 saturated carbocycles. The van der Waals surface area contributed by atoms with Crippen molar-refractivity contribution in [2.75, 3.05) is 33.5 Å². The van der Waals surface area contributed by atoms with Gasteiger partial charge in [0.15, 0.2) is 11.5 Å². The Balaban J connectivity index is 2.68. The fourth-order valence-electron chi connectivity index (χ4n) is 1.75. The normalized spacial score (nSPS) is 11.5. The Kier molecular flexibility index (Phi) is 7.50. The summed E-state index contributed by atoms with van der Waals surface area (Å²) in [5.41, 5.74) is 1.08. The van der Waals surface area contributed by atoms with Gasteiger partial charge >= 0.3 is 0 Å². The lowest BCUT2D eigenvalue weighted by Crippen LogP contribution is -2.35. The number of benzene rings is 1. The highest BCUT2D eigenvalue weighted by molar-refractivity contribution is 5.46. The number of hydrogen-bond donors (Lipinski definition) is 2. The third-order valence-electron chi connectivity index (χ3n) is 2.80. The molecule has 0 bridgehead atoms. The number of ether oxygens (including phenoxy) is 3. The molecule has 5 nitrogen and oxygen atoms in total. The molecule has 1 rings (SSSR count). The average Bonchev–Trinajstić information content (AvgIpc) is 2.44. The van der Waals surface area contributed by atoms with Crippen LogP contribution < -0.4 is 14.8 Å². The molecule has 0 spiro atoms. The number of hydrogen-bond acceptors (Lipinski definition) is 5. The van der Waals surface area contributed by atoms with E-state index in [0.717, 1.165) is 11.3 Å². The first-order chi connectivity index (χ1) is 9.98. The summed E-state index contributed by atoms with van der Waals surface area (Å²) >= 11 is 0. The van der Waals surface area contributed by atoms with E-state index in [1.807, 2.05) is 18.2 Å². The quantitative estimate of drug-likeness (QED) is 0.682. The van der Waals surface area contributed by atoms with E-state index in [-0.39, 0.29) is 12.1 Å². The second-order valence-corrected chi connectivity index (χ2v) is 5.74. The van der Waals surface area contributed by atoms with Gasteiger partial charge in [0, 0.05) is 17.6 Å². The van der Waals surface area contributed by atoms with Crippen LogP contribution in [0.25, 0.3) is 0 Å². The molecule has 2 N–H and O–H groups in total. The largest absolute Gasteiger partial charge is 0.493 e. The summed E-state index contributed by atoms with van der Waals surface area (Å²) in [4.78, 5) is 0. The molecule has 0 aliphatic carbocycles. The van der Waals surface area contributed by atoms with Crippen molar-refractivity contribution in [1.29, 1.82) is 0 Å². The maximum atomic E-state index is 8.66. The highest BCUT2D eigenvalue weighted by Crippen LogP contribution is 2.31. The van der Waals surface area contributed by atoms with Gasteiger partial charge in [-0.1, -0.05) is 12.1 Å². The molecule has 5 heteroatoms. The third-order valence-corrected chi connectivity index (χ3v) is 2.80. The molecule has 0 aliphatic heterocycles. The zero-order chi connectivity index (χ0) is 15.7. The van der Waals surface area contributed by atoms with Crippen LogP contribution in [0.1, 0.15) is 26.3 Å². The molecule has 0 fully saturated rings. The van der Waals surface area contributed by atoms with Crippen molar-refractivity contribution in [3.8, 4) is 11.5 Å². The van der Waals surface area contributed by atoms with Crippen LogP contribution in [0, 0.1) is 0 Å². The van der Waals surface area contributed by atoms with Crippen LogP contribution in [0.3, 0.4) is 0 Å². The second-order valence-electron chi connectivity index (χ2n) is 5.74. The van der Waals surface area contributed by atoms with Gasteiger partial charge in [0.1, 0.15) is 6.61 Å². The van der Waals surface area contributed by atoms with Crippen molar-refractivity contribution in [3.05, 3.63) is 23.8 Å².